The number of para-hydroxylation sites is 1. The smallest absolute Gasteiger partial charge is 0.342 e. The number of ether oxygens (including phenoxy) is 2. The molecule has 2 aromatic heterocycles. The van der Waals surface area contributed by atoms with Crippen LogP contribution < -0.4 is 25.5 Å². The fraction of sp³-hybridized carbons (Fsp3) is 0.406. The summed E-state index contributed by atoms with van der Waals surface area (Å²) in [4.78, 5) is 32.6. The molecule has 0 unspecified atom stereocenters. The molecule has 5 rings (SSSR count). The Balaban J connectivity index is 1.58. The van der Waals surface area contributed by atoms with Crippen molar-refractivity contribution >= 4 is 39.9 Å². The third kappa shape index (κ3) is 6.31. The second-order valence-corrected chi connectivity index (χ2v) is 11.4. The lowest BCUT2D eigenvalue weighted by Gasteiger charge is -2.24. The standard InChI is InChI=1S/C32H41N7O4/c1-19(2)43-31(40)23-17-34-32(35-26-15-25(33)27(16-28(26)41-6)38(5)14-13-37(3)4)36-29(23)24-18-39(42-7)30-21(20-11-12-20)9-8-10-22(24)30/h8-10,15-20H,11-14,33H2,1-7H3,(H,34,35,36). The number of hydrogen-bond acceptors (Lipinski definition) is 10. The van der Waals surface area contributed by atoms with Crippen LogP contribution in [0.5, 0.6) is 5.75 Å². The summed E-state index contributed by atoms with van der Waals surface area (Å²) in [6, 6.07) is 9.90. The fourth-order valence-corrected chi connectivity index (χ4v) is 5.18. The van der Waals surface area contributed by atoms with Gasteiger partial charge in [0.05, 0.1) is 47.7 Å². The number of nitrogens with two attached hydrogens (primary N) is 1. The zero-order valence-electron chi connectivity index (χ0n) is 26.0. The largest absolute Gasteiger partial charge is 0.494 e. The highest BCUT2D eigenvalue weighted by Gasteiger charge is 2.29. The Labute approximate surface area is 252 Å². The van der Waals surface area contributed by atoms with Crippen LogP contribution in [0, 0.1) is 0 Å². The minimum absolute atomic E-state index is 0.260. The lowest BCUT2D eigenvalue weighted by Crippen LogP contribution is -2.29. The lowest BCUT2D eigenvalue weighted by atomic mass is 10.0. The van der Waals surface area contributed by atoms with E-state index in [2.05, 4.69) is 26.2 Å². The average molecular weight is 588 g/mol. The Morgan fingerprint density at radius 2 is 1.93 bits per heavy atom. The zero-order valence-corrected chi connectivity index (χ0v) is 26.0. The van der Waals surface area contributed by atoms with Crippen LogP contribution in [0.25, 0.3) is 22.2 Å². The van der Waals surface area contributed by atoms with E-state index in [9.17, 15) is 4.79 Å². The Morgan fingerprint density at radius 1 is 1.16 bits per heavy atom. The molecule has 0 aliphatic heterocycles. The number of anilines is 4. The zero-order chi connectivity index (χ0) is 30.8. The SMILES string of the molecule is COc1cc(N(C)CCN(C)C)c(N)cc1Nc1ncc(C(=O)OC(C)C)c(-c2cn(OC)c3c(C4CC4)cccc23)n1. The monoisotopic (exact) mass is 587 g/mol. The van der Waals surface area contributed by atoms with Gasteiger partial charge in [-0.1, -0.05) is 18.2 Å². The van der Waals surface area contributed by atoms with Gasteiger partial charge < -0.3 is 35.2 Å². The summed E-state index contributed by atoms with van der Waals surface area (Å²) in [6.07, 6.45) is 5.35. The Bertz CT molecular complexity index is 1630. The normalized spacial score (nSPS) is 13.0. The summed E-state index contributed by atoms with van der Waals surface area (Å²) >= 11 is 0. The second-order valence-electron chi connectivity index (χ2n) is 11.4. The third-order valence-corrected chi connectivity index (χ3v) is 7.53. The molecule has 43 heavy (non-hydrogen) atoms. The van der Waals surface area contributed by atoms with E-state index in [0.717, 1.165) is 48.1 Å². The van der Waals surface area contributed by atoms with Crippen molar-refractivity contribution in [1.29, 1.82) is 0 Å². The van der Waals surface area contributed by atoms with Gasteiger partial charge in [-0.25, -0.2) is 14.8 Å². The molecule has 0 saturated heterocycles. The first-order valence-corrected chi connectivity index (χ1v) is 14.5. The molecule has 0 atom stereocenters. The highest BCUT2D eigenvalue weighted by atomic mass is 16.6. The van der Waals surface area contributed by atoms with Crippen molar-refractivity contribution in [3.63, 3.8) is 0 Å². The maximum absolute atomic E-state index is 13.3. The summed E-state index contributed by atoms with van der Waals surface area (Å²) in [5, 5.41) is 4.19. The summed E-state index contributed by atoms with van der Waals surface area (Å²) in [5.41, 5.74) is 12.2. The van der Waals surface area contributed by atoms with E-state index in [0.29, 0.717) is 28.7 Å². The molecule has 2 aromatic carbocycles. The number of nitrogens with zero attached hydrogens (tertiary/aromatic N) is 5. The molecule has 1 saturated carbocycles. The highest BCUT2D eigenvalue weighted by molar-refractivity contribution is 6.03. The number of hydrogen-bond donors (Lipinski definition) is 2. The molecule has 11 nitrogen and oxygen atoms in total. The van der Waals surface area contributed by atoms with E-state index in [-0.39, 0.29) is 17.6 Å². The predicted molar refractivity (Wildman–Crippen MR) is 171 cm³/mol. The van der Waals surface area contributed by atoms with Gasteiger partial charge in [0, 0.05) is 43.4 Å². The molecule has 0 bridgehead atoms. The van der Waals surface area contributed by atoms with Crippen molar-refractivity contribution in [3.8, 4) is 17.0 Å². The first kappa shape index (κ1) is 30.0. The van der Waals surface area contributed by atoms with Gasteiger partial charge in [-0.15, -0.1) is 0 Å². The number of carbonyl (C=O) groups excluding carboxylic acids is 1. The Kier molecular flexibility index (Phi) is 8.63. The first-order chi connectivity index (χ1) is 20.6. The van der Waals surface area contributed by atoms with Gasteiger partial charge in [0.25, 0.3) is 0 Å². The molecular weight excluding hydrogens is 546 g/mol. The molecule has 2 heterocycles. The molecule has 4 aromatic rings. The number of methoxy groups -OCH3 is 1. The van der Waals surface area contributed by atoms with E-state index in [1.165, 1.54) is 11.8 Å². The highest BCUT2D eigenvalue weighted by Crippen LogP contribution is 2.45. The Morgan fingerprint density at radius 3 is 2.58 bits per heavy atom. The molecule has 0 radical (unpaired) electrons. The quantitative estimate of drug-likeness (QED) is 0.174. The third-order valence-electron chi connectivity index (χ3n) is 7.53. The minimum atomic E-state index is -0.500. The van der Waals surface area contributed by atoms with Gasteiger partial charge in [-0.2, -0.15) is 4.73 Å². The topological polar surface area (TPSA) is 120 Å². The van der Waals surface area contributed by atoms with Crippen LogP contribution in [0.15, 0.2) is 42.7 Å². The first-order valence-electron chi connectivity index (χ1n) is 14.5. The molecule has 1 fully saturated rings. The minimum Gasteiger partial charge on any atom is -0.494 e. The van der Waals surface area contributed by atoms with E-state index in [1.54, 1.807) is 19.0 Å². The van der Waals surface area contributed by atoms with Crippen molar-refractivity contribution in [1.82, 2.24) is 19.6 Å². The van der Waals surface area contributed by atoms with Crippen LogP contribution in [-0.2, 0) is 4.74 Å². The van der Waals surface area contributed by atoms with Crippen molar-refractivity contribution in [3.05, 3.63) is 53.9 Å². The van der Waals surface area contributed by atoms with Gasteiger partial charge in [0.2, 0.25) is 5.95 Å². The molecule has 1 aliphatic rings. The lowest BCUT2D eigenvalue weighted by molar-refractivity contribution is 0.0378. The van der Waals surface area contributed by atoms with E-state index < -0.39 is 5.97 Å². The van der Waals surface area contributed by atoms with Crippen LogP contribution in [0.4, 0.5) is 23.0 Å². The number of likely N-dealkylation sites (N-methyl/N-ethyl adjacent to an activating group) is 2. The van der Waals surface area contributed by atoms with Crippen LogP contribution >= 0.6 is 0 Å². The average Bonchev–Trinajstić information content (AvgIpc) is 3.75. The van der Waals surface area contributed by atoms with Crippen molar-refractivity contribution < 1.29 is 19.1 Å². The van der Waals surface area contributed by atoms with Crippen molar-refractivity contribution in [2.45, 2.75) is 38.7 Å². The number of esters is 1. The summed E-state index contributed by atoms with van der Waals surface area (Å²) in [7, 11) is 9.30. The molecule has 1 aliphatic carbocycles. The second kappa shape index (κ2) is 12.4. The molecule has 228 valence electrons. The number of rotatable bonds is 12. The maximum Gasteiger partial charge on any atom is 0.342 e. The van der Waals surface area contributed by atoms with Crippen molar-refractivity contribution in [2.24, 2.45) is 0 Å². The number of nitrogen functional groups attached to an aromatic ring is 1. The molecule has 3 N–H and O–H groups in total. The number of nitrogens with one attached hydrogen (secondary N) is 1. The predicted octanol–water partition coefficient (Wildman–Crippen LogP) is 4.93. The van der Waals surface area contributed by atoms with Gasteiger partial charge in [-0.3, -0.25) is 0 Å². The molecule has 0 amide bonds. The molecular formula is C32H41N7O4. The Hall–Kier alpha value is -4.51. The van der Waals surface area contributed by atoms with E-state index in [4.69, 9.17) is 25.0 Å². The van der Waals surface area contributed by atoms with Gasteiger partial charge in [0.15, 0.2) is 0 Å². The fourth-order valence-electron chi connectivity index (χ4n) is 5.18. The van der Waals surface area contributed by atoms with Gasteiger partial charge in [0.1, 0.15) is 18.4 Å². The van der Waals surface area contributed by atoms with Gasteiger partial charge in [-0.05, 0) is 58.3 Å². The number of aromatic nitrogens is 3. The number of benzene rings is 2. The van der Waals surface area contributed by atoms with E-state index >= 15 is 0 Å². The van der Waals surface area contributed by atoms with Gasteiger partial charge >= 0.3 is 5.97 Å². The number of carbonyl (C=O) groups is 1. The summed E-state index contributed by atoms with van der Waals surface area (Å²) in [5.74, 6) is 0.856. The van der Waals surface area contributed by atoms with Crippen LogP contribution in [-0.4, -0.2) is 80.1 Å². The van der Waals surface area contributed by atoms with Crippen molar-refractivity contribution in [2.75, 3.05) is 64.4 Å². The van der Waals surface area contributed by atoms with Crippen LogP contribution in [0.2, 0.25) is 0 Å². The summed E-state index contributed by atoms with van der Waals surface area (Å²) < 4.78 is 13.0. The van der Waals surface area contributed by atoms with Crippen LogP contribution in [0.3, 0.4) is 0 Å². The van der Waals surface area contributed by atoms with Crippen LogP contribution in [0.1, 0.15) is 48.5 Å². The molecule has 0 spiro atoms. The number of fused-ring (bicyclic) bond motifs is 1. The maximum atomic E-state index is 13.3. The molecule has 11 heteroatoms. The van der Waals surface area contributed by atoms with E-state index in [1.807, 2.05) is 65.5 Å². The summed E-state index contributed by atoms with van der Waals surface area (Å²) in [6.45, 7) is 5.30.